The predicted molar refractivity (Wildman–Crippen MR) is 149 cm³/mol. The van der Waals surface area contributed by atoms with Gasteiger partial charge in [0.25, 0.3) is 5.91 Å². The number of aromatic nitrogens is 3. The molecule has 0 saturated carbocycles. The molecule has 0 bridgehead atoms. The van der Waals surface area contributed by atoms with E-state index < -0.39 is 46.1 Å². The Morgan fingerprint density at radius 3 is 2.50 bits per heavy atom. The number of ether oxygens (including phenoxy) is 3. The van der Waals surface area contributed by atoms with Crippen LogP contribution in [0.5, 0.6) is 5.75 Å². The normalized spacial score (nSPS) is 11.4. The molecule has 0 aliphatic heterocycles. The summed E-state index contributed by atoms with van der Waals surface area (Å²) in [5, 5.41) is 5.72. The molecule has 0 atom stereocenters. The molecular formula is C27H24ClF3N4O6S. The quantitative estimate of drug-likeness (QED) is 0.211. The first-order chi connectivity index (χ1) is 19.9. The first kappa shape index (κ1) is 30.8. The third kappa shape index (κ3) is 6.04. The molecule has 1 N–H and O–H groups in total. The molecule has 0 fully saturated rings. The average molecular weight is 625 g/mol. The fourth-order valence-electron chi connectivity index (χ4n) is 3.94. The summed E-state index contributed by atoms with van der Waals surface area (Å²) in [6.07, 6.45) is -4.38. The molecule has 0 saturated heterocycles. The van der Waals surface area contributed by atoms with Crippen LogP contribution in [0.25, 0.3) is 16.9 Å². The lowest BCUT2D eigenvalue weighted by Crippen LogP contribution is -2.17. The zero-order valence-electron chi connectivity index (χ0n) is 22.7. The van der Waals surface area contributed by atoms with E-state index >= 15 is 0 Å². The van der Waals surface area contributed by atoms with Gasteiger partial charge in [0.1, 0.15) is 20.7 Å². The molecule has 42 heavy (non-hydrogen) atoms. The Labute approximate surface area is 246 Å². The highest BCUT2D eigenvalue weighted by molar-refractivity contribution is 7.18. The number of hydrogen-bond acceptors (Lipinski definition) is 9. The Morgan fingerprint density at radius 1 is 1.12 bits per heavy atom. The van der Waals surface area contributed by atoms with Gasteiger partial charge in [-0.05, 0) is 44.0 Å². The van der Waals surface area contributed by atoms with Crippen LogP contribution in [0.1, 0.15) is 62.0 Å². The Bertz CT molecular complexity index is 1680. The van der Waals surface area contributed by atoms with E-state index in [1.54, 1.807) is 32.0 Å². The van der Waals surface area contributed by atoms with E-state index in [2.05, 4.69) is 15.4 Å². The topological polar surface area (TPSA) is 121 Å². The maximum Gasteiger partial charge on any atom is 0.433 e. The Morgan fingerprint density at radius 2 is 1.86 bits per heavy atom. The van der Waals surface area contributed by atoms with Gasteiger partial charge in [0.05, 0.1) is 31.6 Å². The van der Waals surface area contributed by atoms with Gasteiger partial charge >= 0.3 is 18.1 Å². The average Bonchev–Trinajstić information content (AvgIpc) is 3.46. The first-order valence-electron chi connectivity index (χ1n) is 12.5. The molecule has 222 valence electrons. The van der Waals surface area contributed by atoms with E-state index in [1.165, 1.54) is 20.1 Å². The SMILES string of the molecule is CCCOC(=O)c1c(NC(=O)c2nn3c(C(F)(F)F)cc(-c4cccc(OC)c4)nc3c2Cl)sc(C(=O)OCC)c1C. The lowest BCUT2D eigenvalue weighted by molar-refractivity contribution is -0.142. The number of methoxy groups -OCH3 is 1. The second-order valence-electron chi connectivity index (χ2n) is 8.73. The second kappa shape index (κ2) is 12.4. The van der Waals surface area contributed by atoms with E-state index in [0.717, 1.165) is 17.4 Å². The van der Waals surface area contributed by atoms with Crippen molar-refractivity contribution < 1.29 is 41.8 Å². The Kier molecular flexibility index (Phi) is 9.06. The zero-order valence-corrected chi connectivity index (χ0v) is 24.3. The fourth-order valence-corrected chi connectivity index (χ4v) is 5.27. The molecule has 0 radical (unpaired) electrons. The van der Waals surface area contributed by atoms with Crippen LogP contribution in [0, 0.1) is 6.92 Å². The fraction of sp³-hybridized carbons (Fsp3) is 0.296. The molecule has 1 aromatic carbocycles. The van der Waals surface area contributed by atoms with E-state index in [1.807, 2.05) is 0 Å². The number of nitrogens with zero attached hydrogens (tertiary/aromatic N) is 3. The van der Waals surface area contributed by atoms with Crippen molar-refractivity contribution in [3.8, 4) is 17.0 Å². The van der Waals surface area contributed by atoms with E-state index in [-0.39, 0.29) is 39.9 Å². The number of thiophene rings is 1. The third-order valence-electron chi connectivity index (χ3n) is 5.88. The number of amides is 1. The van der Waals surface area contributed by atoms with Gasteiger partial charge in [-0.2, -0.15) is 18.3 Å². The van der Waals surface area contributed by atoms with Crippen LogP contribution in [0.3, 0.4) is 0 Å². The van der Waals surface area contributed by atoms with E-state index in [4.69, 9.17) is 25.8 Å². The summed E-state index contributed by atoms with van der Waals surface area (Å²) in [5.41, 5.74) is -1.91. The maximum atomic E-state index is 14.1. The zero-order chi connectivity index (χ0) is 30.8. The highest BCUT2D eigenvalue weighted by Gasteiger charge is 2.37. The predicted octanol–water partition coefficient (Wildman–Crippen LogP) is 6.44. The number of fused-ring (bicyclic) bond motifs is 1. The summed E-state index contributed by atoms with van der Waals surface area (Å²) in [7, 11) is 1.41. The van der Waals surface area contributed by atoms with Gasteiger partial charge in [-0.25, -0.2) is 19.1 Å². The molecule has 0 aliphatic carbocycles. The van der Waals surface area contributed by atoms with Crippen molar-refractivity contribution in [2.24, 2.45) is 0 Å². The highest BCUT2D eigenvalue weighted by atomic mass is 35.5. The lowest BCUT2D eigenvalue weighted by atomic mass is 10.1. The van der Waals surface area contributed by atoms with Crippen LogP contribution in [0.2, 0.25) is 5.02 Å². The minimum absolute atomic E-state index is 0.0423. The monoisotopic (exact) mass is 624 g/mol. The van der Waals surface area contributed by atoms with Crippen LogP contribution < -0.4 is 10.1 Å². The van der Waals surface area contributed by atoms with Gasteiger partial charge in [-0.1, -0.05) is 30.7 Å². The van der Waals surface area contributed by atoms with Crippen LogP contribution in [-0.2, 0) is 15.7 Å². The van der Waals surface area contributed by atoms with Gasteiger partial charge in [-0.3, -0.25) is 4.79 Å². The summed E-state index contributed by atoms with van der Waals surface area (Å²) in [5.74, 6) is -2.17. The van der Waals surface area contributed by atoms with Crippen LogP contribution in [0.4, 0.5) is 18.2 Å². The number of benzene rings is 1. The number of carbonyl (C=O) groups is 3. The van der Waals surface area contributed by atoms with Crippen molar-refractivity contribution in [1.82, 2.24) is 14.6 Å². The van der Waals surface area contributed by atoms with Crippen molar-refractivity contribution in [3.63, 3.8) is 0 Å². The van der Waals surface area contributed by atoms with E-state index in [0.29, 0.717) is 22.2 Å². The molecular weight excluding hydrogens is 601 g/mol. The first-order valence-corrected chi connectivity index (χ1v) is 13.7. The van der Waals surface area contributed by atoms with Crippen molar-refractivity contribution >= 4 is 51.4 Å². The van der Waals surface area contributed by atoms with Gasteiger partial charge < -0.3 is 19.5 Å². The van der Waals surface area contributed by atoms with Gasteiger partial charge in [-0.15, -0.1) is 11.3 Å². The van der Waals surface area contributed by atoms with Gasteiger partial charge in [0, 0.05) is 5.56 Å². The van der Waals surface area contributed by atoms with Gasteiger partial charge in [0.2, 0.25) is 0 Å². The molecule has 4 aromatic rings. The Hall–Kier alpha value is -4.17. The molecule has 3 aromatic heterocycles. The largest absolute Gasteiger partial charge is 0.497 e. The lowest BCUT2D eigenvalue weighted by Gasteiger charge is -2.11. The number of rotatable bonds is 9. The molecule has 1 amide bonds. The number of hydrogen-bond donors (Lipinski definition) is 1. The summed E-state index contributed by atoms with van der Waals surface area (Å²) in [4.78, 5) is 42.9. The van der Waals surface area contributed by atoms with Crippen LogP contribution >= 0.6 is 22.9 Å². The molecule has 10 nitrogen and oxygen atoms in total. The van der Waals surface area contributed by atoms with Gasteiger partial charge in [0.15, 0.2) is 17.0 Å². The molecule has 0 unspecified atom stereocenters. The smallest absolute Gasteiger partial charge is 0.433 e. The van der Waals surface area contributed by atoms with Crippen molar-refractivity contribution in [2.75, 3.05) is 25.6 Å². The molecule has 4 rings (SSSR count). The highest BCUT2D eigenvalue weighted by Crippen LogP contribution is 2.37. The second-order valence-corrected chi connectivity index (χ2v) is 10.1. The van der Waals surface area contributed by atoms with Crippen molar-refractivity contribution in [1.29, 1.82) is 0 Å². The standard InChI is InChI=1S/C27H24ClF3N4O6S/c1-5-10-41-25(37)18-13(3)21(26(38)40-6-2)42-24(18)33-23(36)20-19(28)22-32-16(14-8-7-9-15(11-14)39-4)12-17(27(29,30)31)35(22)34-20/h7-9,11-12H,5-6,10H2,1-4H3,(H,33,36). The maximum absolute atomic E-state index is 14.1. The van der Waals surface area contributed by atoms with Crippen molar-refractivity contribution in [2.45, 2.75) is 33.4 Å². The summed E-state index contributed by atoms with van der Waals surface area (Å²) >= 11 is 7.15. The molecule has 0 spiro atoms. The van der Waals surface area contributed by atoms with Crippen molar-refractivity contribution in [3.05, 3.63) is 62.7 Å². The number of alkyl halides is 3. The summed E-state index contributed by atoms with van der Waals surface area (Å²) < 4.78 is 58.2. The van der Waals surface area contributed by atoms with Crippen LogP contribution in [-0.4, -0.2) is 52.8 Å². The molecule has 3 heterocycles. The number of anilines is 1. The Balaban J connectivity index is 1.81. The molecule has 15 heteroatoms. The number of nitrogens with one attached hydrogen (secondary N) is 1. The minimum Gasteiger partial charge on any atom is -0.497 e. The number of halogens is 4. The summed E-state index contributed by atoms with van der Waals surface area (Å²) in [6.45, 7) is 5.02. The summed E-state index contributed by atoms with van der Waals surface area (Å²) in [6, 6.07) is 7.02. The number of carbonyl (C=O) groups excluding carboxylic acids is 3. The number of esters is 2. The molecule has 0 aliphatic rings. The third-order valence-corrected chi connectivity index (χ3v) is 7.42. The van der Waals surface area contributed by atoms with Crippen LogP contribution in [0.15, 0.2) is 30.3 Å². The minimum atomic E-state index is -4.90. The van der Waals surface area contributed by atoms with E-state index in [9.17, 15) is 27.6 Å².